The number of H-pyrrole nitrogens is 1. The summed E-state index contributed by atoms with van der Waals surface area (Å²) in [6, 6.07) is 10.5. The Balaban J connectivity index is 1.71. The predicted octanol–water partition coefficient (Wildman–Crippen LogP) is 4.99. The van der Waals surface area contributed by atoms with Gasteiger partial charge in [0.1, 0.15) is 5.01 Å². The van der Waals surface area contributed by atoms with Crippen molar-refractivity contribution in [2.45, 2.75) is 11.5 Å². The van der Waals surface area contributed by atoms with E-state index >= 15 is 0 Å². The van der Waals surface area contributed by atoms with Crippen molar-refractivity contribution in [2.24, 2.45) is 0 Å². The van der Waals surface area contributed by atoms with Crippen molar-refractivity contribution >= 4 is 51.2 Å². The number of aliphatic hydroxyl groups is 1. The highest BCUT2D eigenvalue weighted by molar-refractivity contribution is 8.00. The molecule has 0 atom stereocenters. The van der Waals surface area contributed by atoms with Gasteiger partial charge in [-0.05, 0) is 35.5 Å². The van der Waals surface area contributed by atoms with Gasteiger partial charge in [-0.3, -0.25) is 0 Å². The fourth-order valence-electron chi connectivity index (χ4n) is 2.60. The minimum absolute atomic E-state index is 0.0781. The lowest BCUT2D eigenvalue weighted by Crippen LogP contribution is -2.06. The monoisotopic (exact) mass is 373 g/mol. The van der Waals surface area contributed by atoms with Crippen LogP contribution in [0.3, 0.4) is 0 Å². The summed E-state index contributed by atoms with van der Waals surface area (Å²) in [5.74, 6) is 0. The summed E-state index contributed by atoms with van der Waals surface area (Å²) in [6.45, 7) is 0.0781. The second-order valence-corrected chi connectivity index (χ2v) is 8.28. The van der Waals surface area contributed by atoms with Gasteiger partial charge in [-0.25, -0.2) is 4.98 Å². The lowest BCUT2D eigenvalue weighted by atomic mass is 10.2. The third kappa shape index (κ3) is 2.84. The zero-order valence-electron chi connectivity index (χ0n) is 12.9. The van der Waals surface area contributed by atoms with E-state index in [-0.39, 0.29) is 6.61 Å². The molecule has 122 valence electrons. The van der Waals surface area contributed by atoms with Crippen LogP contribution < -0.4 is 4.31 Å². The summed E-state index contributed by atoms with van der Waals surface area (Å²) in [6.07, 6.45) is 1.82. The molecule has 0 aliphatic rings. The Bertz CT molecular complexity index is 959. The highest BCUT2D eigenvalue weighted by Crippen LogP contribution is 2.37. The molecular weight excluding hydrogens is 358 g/mol. The number of fused-ring (bicyclic) bond motifs is 1. The lowest BCUT2D eigenvalue weighted by molar-refractivity contribution is 0.283. The third-order valence-electron chi connectivity index (χ3n) is 3.72. The number of para-hydroxylation sites is 1. The number of aromatic nitrogens is 2. The Labute approximate surface area is 151 Å². The van der Waals surface area contributed by atoms with E-state index in [0.29, 0.717) is 0 Å². The first-order valence-electron chi connectivity index (χ1n) is 7.37. The Morgan fingerprint density at radius 1 is 1.25 bits per heavy atom. The Hall–Kier alpha value is -1.80. The van der Waals surface area contributed by atoms with Crippen molar-refractivity contribution in [2.75, 3.05) is 11.4 Å². The number of anilines is 1. The van der Waals surface area contributed by atoms with E-state index in [9.17, 15) is 5.11 Å². The first-order valence-corrected chi connectivity index (χ1v) is 9.90. The van der Waals surface area contributed by atoms with Crippen molar-refractivity contribution in [3.05, 3.63) is 52.2 Å². The maximum atomic E-state index is 9.44. The van der Waals surface area contributed by atoms with Gasteiger partial charge in [-0.1, -0.05) is 12.1 Å². The van der Waals surface area contributed by atoms with E-state index in [1.807, 2.05) is 30.1 Å². The number of aromatic amines is 1. The number of benzene rings is 1. The SMILES string of the molecule is CN(Sc1ccsc1CO)c1cccc2cc(-c3nccs3)[nH]c12. The maximum Gasteiger partial charge on any atom is 0.139 e. The molecule has 3 heterocycles. The number of nitrogens with zero attached hydrogens (tertiary/aromatic N) is 2. The van der Waals surface area contributed by atoms with Gasteiger partial charge in [0.05, 0.1) is 23.5 Å². The summed E-state index contributed by atoms with van der Waals surface area (Å²) in [7, 11) is 2.04. The average Bonchev–Trinajstić information content (AvgIpc) is 3.33. The number of aliphatic hydroxyl groups excluding tert-OH is 1. The Morgan fingerprint density at radius 3 is 2.96 bits per heavy atom. The van der Waals surface area contributed by atoms with Crippen LogP contribution in [0, 0.1) is 0 Å². The van der Waals surface area contributed by atoms with Crippen molar-refractivity contribution in [1.82, 2.24) is 9.97 Å². The second-order valence-electron chi connectivity index (χ2n) is 5.22. The zero-order chi connectivity index (χ0) is 16.5. The largest absolute Gasteiger partial charge is 0.391 e. The predicted molar refractivity (Wildman–Crippen MR) is 104 cm³/mol. The molecule has 4 rings (SSSR count). The lowest BCUT2D eigenvalue weighted by Gasteiger charge is -2.18. The fraction of sp³-hybridized carbons (Fsp3) is 0.118. The molecule has 4 nitrogen and oxygen atoms in total. The van der Waals surface area contributed by atoms with Crippen LogP contribution in [0.5, 0.6) is 0 Å². The summed E-state index contributed by atoms with van der Waals surface area (Å²) < 4.78 is 2.13. The molecule has 2 N–H and O–H groups in total. The van der Waals surface area contributed by atoms with E-state index in [0.717, 1.165) is 37.1 Å². The van der Waals surface area contributed by atoms with Gasteiger partial charge in [0.2, 0.25) is 0 Å². The molecule has 0 aliphatic heterocycles. The van der Waals surface area contributed by atoms with Crippen LogP contribution in [0.2, 0.25) is 0 Å². The van der Waals surface area contributed by atoms with Crippen molar-refractivity contribution < 1.29 is 5.11 Å². The van der Waals surface area contributed by atoms with E-state index in [1.165, 1.54) is 0 Å². The molecule has 0 saturated carbocycles. The molecule has 0 unspecified atom stereocenters. The van der Waals surface area contributed by atoms with Gasteiger partial charge >= 0.3 is 0 Å². The molecule has 0 radical (unpaired) electrons. The molecule has 0 aliphatic carbocycles. The molecule has 1 aromatic carbocycles. The number of hydrogen-bond acceptors (Lipinski definition) is 6. The number of thiazole rings is 1. The maximum absolute atomic E-state index is 9.44. The summed E-state index contributed by atoms with van der Waals surface area (Å²) in [5.41, 5.74) is 3.24. The molecular formula is C17H15N3OS3. The van der Waals surface area contributed by atoms with E-state index in [2.05, 4.69) is 38.5 Å². The van der Waals surface area contributed by atoms with Gasteiger partial charge in [-0.15, -0.1) is 22.7 Å². The Morgan fingerprint density at radius 2 is 2.17 bits per heavy atom. The second kappa shape index (κ2) is 6.60. The first-order chi connectivity index (χ1) is 11.8. The van der Waals surface area contributed by atoms with Gasteiger partial charge in [0, 0.05) is 33.8 Å². The van der Waals surface area contributed by atoms with Crippen molar-refractivity contribution in [3.8, 4) is 10.7 Å². The topological polar surface area (TPSA) is 52.1 Å². The minimum atomic E-state index is 0.0781. The summed E-state index contributed by atoms with van der Waals surface area (Å²) in [5, 5.41) is 15.6. The first kappa shape index (κ1) is 15.7. The summed E-state index contributed by atoms with van der Waals surface area (Å²) >= 11 is 4.83. The Kier molecular flexibility index (Phi) is 4.32. The van der Waals surface area contributed by atoms with Gasteiger partial charge in [0.25, 0.3) is 0 Å². The molecule has 0 saturated heterocycles. The molecule has 7 heteroatoms. The number of hydrogen-bond donors (Lipinski definition) is 2. The number of rotatable bonds is 5. The average molecular weight is 374 g/mol. The van der Waals surface area contributed by atoms with Gasteiger partial charge in [-0.2, -0.15) is 0 Å². The van der Waals surface area contributed by atoms with Crippen LogP contribution >= 0.6 is 34.6 Å². The smallest absolute Gasteiger partial charge is 0.139 e. The summed E-state index contributed by atoms with van der Waals surface area (Å²) in [4.78, 5) is 9.97. The van der Waals surface area contributed by atoms with Crippen molar-refractivity contribution in [1.29, 1.82) is 0 Å². The van der Waals surface area contributed by atoms with E-state index in [1.54, 1.807) is 34.6 Å². The van der Waals surface area contributed by atoms with E-state index < -0.39 is 0 Å². The normalized spacial score (nSPS) is 11.2. The molecule has 0 spiro atoms. The zero-order valence-corrected chi connectivity index (χ0v) is 15.3. The molecule has 3 aromatic heterocycles. The van der Waals surface area contributed by atoms with Crippen LogP contribution in [0.25, 0.3) is 21.6 Å². The van der Waals surface area contributed by atoms with Crippen molar-refractivity contribution in [3.63, 3.8) is 0 Å². The minimum Gasteiger partial charge on any atom is -0.391 e. The van der Waals surface area contributed by atoms with Crippen LogP contribution in [-0.4, -0.2) is 22.1 Å². The highest BCUT2D eigenvalue weighted by Gasteiger charge is 2.14. The third-order valence-corrected chi connectivity index (χ3v) is 6.61. The molecule has 0 bridgehead atoms. The van der Waals surface area contributed by atoms with E-state index in [4.69, 9.17) is 0 Å². The van der Waals surface area contributed by atoms with Gasteiger partial charge < -0.3 is 14.4 Å². The van der Waals surface area contributed by atoms with Gasteiger partial charge in [0.15, 0.2) is 0 Å². The molecule has 0 fully saturated rings. The van der Waals surface area contributed by atoms with Crippen LogP contribution in [-0.2, 0) is 6.61 Å². The number of thiophene rings is 1. The molecule has 4 aromatic rings. The fourth-order valence-corrected chi connectivity index (χ4v) is 5.02. The highest BCUT2D eigenvalue weighted by atomic mass is 32.2. The quantitative estimate of drug-likeness (QED) is 0.484. The van der Waals surface area contributed by atoms with Crippen LogP contribution in [0.15, 0.2) is 52.2 Å². The molecule has 0 amide bonds. The standard InChI is InChI=1S/C17H15N3OS3/c1-20(24-14-5-7-22-15(14)10-21)13-4-2-3-11-9-12(19-16(11)13)17-18-6-8-23-17/h2-9,19,21H,10H2,1H3. The van der Waals surface area contributed by atoms with Crippen LogP contribution in [0.4, 0.5) is 5.69 Å². The van der Waals surface area contributed by atoms with Crippen LogP contribution in [0.1, 0.15) is 4.88 Å². The number of nitrogens with one attached hydrogen (secondary N) is 1. The molecule has 24 heavy (non-hydrogen) atoms.